The van der Waals surface area contributed by atoms with Gasteiger partial charge in [-0.1, -0.05) is 79.2 Å². The Morgan fingerprint density at radius 2 is 1.53 bits per heavy atom. The molecular formula is C37H43N3O6S. The number of rotatable bonds is 15. The lowest BCUT2D eigenvalue weighted by molar-refractivity contribution is -0.140. The van der Waals surface area contributed by atoms with Crippen LogP contribution in [0.3, 0.4) is 0 Å². The van der Waals surface area contributed by atoms with Crippen LogP contribution in [0.5, 0.6) is 11.5 Å². The largest absolute Gasteiger partial charge is 0.497 e. The molecule has 0 aliphatic rings. The minimum absolute atomic E-state index is 0.00718. The lowest BCUT2D eigenvalue weighted by Gasteiger charge is -2.34. The Bertz CT molecular complexity index is 1760. The van der Waals surface area contributed by atoms with Crippen molar-refractivity contribution in [3.8, 4) is 11.5 Å². The molecular weight excluding hydrogens is 614 g/mol. The number of benzene rings is 4. The zero-order valence-corrected chi connectivity index (χ0v) is 28.4. The number of ether oxygens (including phenoxy) is 2. The van der Waals surface area contributed by atoms with Crippen molar-refractivity contribution < 1.29 is 27.5 Å². The second-order valence-electron chi connectivity index (χ2n) is 11.3. The van der Waals surface area contributed by atoms with E-state index >= 15 is 0 Å². The summed E-state index contributed by atoms with van der Waals surface area (Å²) < 4.78 is 40.9. The van der Waals surface area contributed by atoms with E-state index in [0.717, 1.165) is 26.6 Å². The number of nitrogens with zero attached hydrogens (tertiary/aromatic N) is 2. The first-order valence-electron chi connectivity index (χ1n) is 15.6. The average molecular weight is 658 g/mol. The number of hydrogen-bond donors (Lipinski definition) is 1. The molecule has 1 atom stereocenters. The summed E-state index contributed by atoms with van der Waals surface area (Å²) in [5, 5.41) is 2.97. The zero-order valence-electron chi connectivity index (χ0n) is 27.6. The van der Waals surface area contributed by atoms with Crippen molar-refractivity contribution in [1.29, 1.82) is 0 Å². The second-order valence-corrected chi connectivity index (χ2v) is 13.2. The van der Waals surface area contributed by atoms with Gasteiger partial charge in [-0.15, -0.1) is 0 Å². The van der Waals surface area contributed by atoms with E-state index < -0.39 is 28.5 Å². The number of nitrogens with one attached hydrogen (secondary N) is 1. The molecule has 1 N–H and O–H groups in total. The summed E-state index contributed by atoms with van der Waals surface area (Å²) in [6.45, 7) is 5.69. The van der Waals surface area contributed by atoms with Crippen LogP contribution in [0.25, 0.3) is 0 Å². The monoisotopic (exact) mass is 657 g/mol. The lowest BCUT2D eigenvalue weighted by Crippen LogP contribution is -2.53. The molecule has 4 aromatic carbocycles. The van der Waals surface area contributed by atoms with Crippen molar-refractivity contribution in [2.75, 3.05) is 31.6 Å². The Morgan fingerprint density at radius 1 is 0.851 bits per heavy atom. The van der Waals surface area contributed by atoms with Gasteiger partial charge in [0.05, 0.1) is 24.8 Å². The van der Waals surface area contributed by atoms with E-state index in [2.05, 4.69) is 5.32 Å². The highest BCUT2D eigenvalue weighted by molar-refractivity contribution is 7.92. The van der Waals surface area contributed by atoms with E-state index in [1.807, 2.05) is 75.4 Å². The number of methoxy groups -OCH3 is 2. The first-order valence-corrected chi connectivity index (χ1v) is 17.0. The van der Waals surface area contributed by atoms with Gasteiger partial charge in [0, 0.05) is 25.6 Å². The highest BCUT2D eigenvalue weighted by Gasteiger charge is 2.36. The van der Waals surface area contributed by atoms with Crippen LogP contribution in [0.1, 0.15) is 35.6 Å². The number of aryl methyl sites for hydroxylation is 2. The minimum atomic E-state index is -4.31. The molecule has 0 heterocycles. The maximum absolute atomic E-state index is 14.7. The third-order valence-corrected chi connectivity index (χ3v) is 9.74. The first-order chi connectivity index (χ1) is 22.6. The van der Waals surface area contributed by atoms with Gasteiger partial charge in [-0.25, -0.2) is 8.42 Å². The molecule has 0 saturated carbocycles. The van der Waals surface area contributed by atoms with Crippen LogP contribution >= 0.6 is 0 Å². The van der Waals surface area contributed by atoms with E-state index in [0.29, 0.717) is 18.7 Å². The van der Waals surface area contributed by atoms with Gasteiger partial charge in [-0.2, -0.15) is 0 Å². The number of sulfonamides is 1. The number of anilines is 1. The van der Waals surface area contributed by atoms with Crippen molar-refractivity contribution >= 4 is 27.5 Å². The SMILES string of the molecule is CCCNC(=O)[C@H](Cc1ccccc1)N(Cc1ccccc1C)C(=O)CN(c1cc(OC)ccc1OC)S(=O)(=O)c1ccc(C)cc1. The molecule has 0 fully saturated rings. The fourth-order valence-corrected chi connectivity index (χ4v) is 6.65. The molecule has 0 aromatic heterocycles. The van der Waals surface area contributed by atoms with Gasteiger partial charge in [0.25, 0.3) is 10.0 Å². The van der Waals surface area contributed by atoms with Crippen LogP contribution in [0.15, 0.2) is 102 Å². The van der Waals surface area contributed by atoms with Gasteiger partial charge in [-0.3, -0.25) is 13.9 Å². The molecule has 10 heteroatoms. The number of amides is 2. The topological polar surface area (TPSA) is 105 Å². The van der Waals surface area contributed by atoms with Crippen LogP contribution in [0, 0.1) is 13.8 Å². The molecule has 0 unspecified atom stereocenters. The normalized spacial score (nSPS) is 11.8. The number of hydrogen-bond acceptors (Lipinski definition) is 6. The van der Waals surface area contributed by atoms with Gasteiger partial charge in [0.15, 0.2) is 0 Å². The summed E-state index contributed by atoms with van der Waals surface area (Å²) in [6, 6.07) is 27.4. The summed E-state index contributed by atoms with van der Waals surface area (Å²) in [6.07, 6.45) is 0.953. The number of carbonyl (C=O) groups excluding carboxylic acids is 2. The van der Waals surface area contributed by atoms with Gasteiger partial charge in [-0.05, 0) is 61.2 Å². The van der Waals surface area contributed by atoms with Gasteiger partial charge >= 0.3 is 0 Å². The summed E-state index contributed by atoms with van der Waals surface area (Å²) in [5.41, 5.74) is 3.67. The summed E-state index contributed by atoms with van der Waals surface area (Å²) in [5.74, 6) is -0.248. The maximum Gasteiger partial charge on any atom is 0.264 e. The van der Waals surface area contributed by atoms with E-state index in [1.165, 1.54) is 37.3 Å². The van der Waals surface area contributed by atoms with Crippen molar-refractivity contribution in [3.63, 3.8) is 0 Å². The Labute approximate surface area is 278 Å². The molecule has 9 nitrogen and oxygen atoms in total. The van der Waals surface area contributed by atoms with Crippen LogP contribution in [0.4, 0.5) is 5.69 Å². The molecule has 2 amide bonds. The molecule has 0 radical (unpaired) electrons. The molecule has 0 aliphatic carbocycles. The predicted octanol–water partition coefficient (Wildman–Crippen LogP) is 5.68. The Morgan fingerprint density at radius 3 is 2.17 bits per heavy atom. The third-order valence-electron chi connectivity index (χ3n) is 7.96. The maximum atomic E-state index is 14.7. The van der Waals surface area contributed by atoms with Gasteiger partial charge < -0.3 is 19.7 Å². The van der Waals surface area contributed by atoms with Crippen LogP contribution in [0.2, 0.25) is 0 Å². The third kappa shape index (κ3) is 8.71. The molecule has 47 heavy (non-hydrogen) atoms. The molecule has 248 valence electrons. The lowest BCUT2D eigenvalue weighted by atomic mass is 10.0. The molecule has 4 rings (SSSR count). The fraction of sp³-hybridized carbons (Fsp3) is 0.297. The van der Waals surface area contributed by atoms with E-state index in [9.17, 15) is 18.0 Å². The Balaban J connectivity index is 1.87. The Kier molecular flexibility index (Phi) is 12.0. The van der Waals surface area contributed by atoms with E-state index in [4.69, 9.17) is 9.47 Å². The van der Waals surface area contributed by atoms with E-state index in [-0.39, 0.29) is 35.2 Å². The summed E-state index contributed by atoms with van der Waals surface area (Å²) in [7, 11) is -1.40. The van der Waals surface area contributed by atoms with Crippen LogP contribution in [-0.4, -0.2) is 58.5 Å². The molecule has 0 aliphatic heterocycles. The summed E-state index contributed by atoms with van der Waals surface area (Å²) >= 11 is 0. The highest BCUT2D eigenvalue weighted by Crippen LogP contribution is 2.36. The smallest absolute Gasteiger partial charge is 0.264 e. The highest BCUT2D eigenvalue weighted by atomic mass is 32.2. The van der Waals surface area contributed by atoms with Crippen LogP contribution < -0.4 is 19.1 Å². The van der Waals surface area contributed by atoms with Gasteiger partial charge in [0.2, 0.25) is 11.8 Å². The number of carbonyl (C=O) groups is 2. The molecule has 4 aromatic rings. The predicted molar refractivity (Wildman–Crippen MR) is 184 cm³/mol. The van der Waals surface area contributed by atoms with Crippen molar-refractivity contribution in [1.82, 2.24) is 10.2 Å². The summed E-state index contributed by atoms with van der Waals surface area (Å²) in [4.78, 5) is 30.0. The molecule has 0 bridgehead atoms. The standard InChI is InChI=1S/C37H43N3O6S/c1-6-22-38-37(42)34(23-29-13-8-7-9-14-29)39(25-30-15-11-10-12-28(30)3)36(41)26-40(33-24-31(45-4)18-21-35(33)46-5)47(43,44)32-19-16-27(2)17-20-32/h7-21,24,34H,6,22-23,25-26H2,1-5H3,(H,38,42)/t34-/m0/s1. The minimum Gasteiger partial charge on any atom is -0.497 e. The van der Waals surface area contributed by atoms with Gasteiger partial charge in [0.1, 0.15) is 24.1 Å². The Hall–Kier alpha value is -4.83. The molecule has 0 spiro atoms. The fourth-order valence-electron chi connectivity index (χ4n) is 5.23. The first kappa shape index (κ1) is 35.0. The zero-order chi connectivity index (χ0) is 34.0. The average Bonchev–Trinajstić information content (AvgIpc) is 3.08. The van der Waals surface area contributed by atoms with Crippen molar-refractivity contribution in [3.05, 3.63) is 119 Å². The molecule has 0 saturated heterocycles. The second kappa shape index (κ2) is 16.1. The van der Waals surface area contributed by atoms with Crippen molar-refractivity contribution in [2.24, 2.45) is 0 Å². The van der Waals surface area contributed by atoms with E-state index in [1.54, 1.807) is 24.3 Å². The van der Waals surface area contributed by atoms with Crippen molar-refractivity contribution in [2.45, 2.75) is 51.1 Å². The van der Waals surface area contributed by atoms with Crippen LogP contribution in [-0.2, 0) is 32.6 Å². The quantitative estimate of drug-likeness (QED) is 0.176.